The summed E-state index contributed by atoms with van der Waals surface area (Å²) in [5.74, 6) is 1.54. The summed E-state index contributed by atoms with van der Waals surface area (Å²) in [7, 11) is 0. The summed E-state index contributed by atoms with van der Waals surface area (Å²) in [6.07, 6.45) is 2.83. The fraction of sp³-hybridized carbons (Fsp3) is 0.545. The van der Waals surface area contributed by atoms with Crippen LogP contribution in [0.5, 0.6) is 0 Å². The Balaban J connectivity index is 2.56. The number of aromatic nitrogens is 1. The van der Waals surface area contributed by atoms with E-state index in [1.807, 2.05) is 12.1 Å². The van der Waals surface area contributed by atoms with Gasteiger partial charge >= 0.3 is 0 Å². The largest absolute Gasteiger partial charge is 0.367 e. The van der Waals surface area contributed by atoms with Crippen LogP contribution in [-0.4, -0.2) is 11.0 Å². The average molecular weight is 213 g/mol. The molecule has 0 fully saturated rings. The van der Waals surface area contributed by atoms with Gasteiger partial charge in [0.15, 0.2) is 0 Å². The maximum Gasteiger partial charge on any atom is 0.126 e. The number of hydrogen-bond donors (Lipinski definition) is 1. The molecule has 0 aliphatic carbocycles. The van der Waals surface area contributed by atoms with Crippen LogP contribution < -0.4 is 5.32 Å². The topological polar surface area (TPSA) is 24.9 Å². The maximum atomic E-state index is 5.75. The summed E-state index contributed by atoms with van der Waals surface area (Å²) >= 11 is 5.75. The highest BCUT2D eigenvalue weighted by molar-refractivity contribution is 6.30. The summed E-state index contributed by atoms with van der Waals surface area (Å²) in [4.78, 5) is 4.19. The lowest BCUT2D eigenvalue weighted by atomic mass is 10.0. The Morgan fingerprint density at radius 2 is 2.14 bits per heavy atom. The Morgan fingerprint density at radius 1 is 1.43 bits per heavy atom. The molecular weight excluding hydrogens is 196 g/mol. The Hall–Kier alpha value is -0.760. The Morgan fingerprint density at radius 3 is 2.64 bits per heavy atom. The molecule has 0 amide bonds. The third-order valence-electron chi connectivity index (χ3n) is 2.60. The van der Waals surface area contributed by atoms with Crippen LogP contribution in [0.3, 0.4) is 0 Å². The van der Waals surface area contributed by atoms with E-state index in [1.54, 1.807) is 6.20 Å². The van der Waals surface area contributed by atoms with Crippen LogP contribution in [0.15, 0.2) is 18.3 Å². The lowest BCUT2D eigenvalue weighted by molar-refractivity contribution is 0.493. The van der Waals surface area contributed by atoms with Gasteiger partial charge in [-0.25, -0.2) is 4.98 Å². The van der Waals surface area contributed by atoms with Crippen LogP contribution in [0.1, 0.15) is 27.2 Å². The van der Waals surface area contributed by atoms with Gasteiger partial charge in [0.2, 0.25) is 0 Å². The molecule has 0 bridgehead atoms. The standard InChI is InChI=1S/C11H17ClN2/c1-4-8(2)9(3)14-11-6-5-10(12)7-13-11/h5-9H,4H2,1-3H3,(H,13,14). The van der Waals surface area contributed by atoms with Gasteiger partial charge in [-0.1, -0.05) is 31.9 Å². The van der Waals surface area contributed by atoms with Crippen LogP contribution >= 0.6 is 11.6 Å². The van der Waals surface area contributed by atoms with Crippen LogP contribution in [-0.2, 0) is 0 Å². The molecule has 14 heavy (non-hydrogen) atoms. The van der Waals surface area contributed by atoms with Gasteiger partial charge in [0.05, 0.1) is 5.02 Å². The van der Waals surface area contributed by atoms with E-state index in [0.29, 0.717) is 17.0 Å². The number of nitrogens with one attached hydrogen (secondary N) is 1. The summed E-state index contributed by atoms with van der Waals surface area (Å²) < 4.78 is 0. The number of nitrogens with zero attached hydrogens (tertiary/aromatic N) is 1. The first-order valence-electron chi connectivity index (χ1n) is 5.01. The summed E-state index contributed by atoms with van der Waals surface area (Å²) in [6.45, 7) is 6.59. The Kier molecular flexibility index (Phi) is 4.21. The van der Waals surface area contributed by atoms with Gasteiger partial charge in [0.1, 0.15) is 5.82 Å². The van der Waals surface area contributed by atoms with Crippen molar-refractivity contribution in [3.05, 3.63) is 23.4 Å². The molecule has 0 radical (unpaired) electrons. The Labute approximate surface area is 90.7 Å². The van der Waals surface area contributed by atoms with Crippen molar-refractivity contribution in [3.8, 4) is 0 Å². The van der Waals surface area contributed by atoms with Crippen molar-refractivity contribution in [2.75, 3.05) is 5.32 Å². The zero-order valence-electron chi connectivity index (χ0n) is 8.92. The predicted molar refractivity (Wildman–Crippen MR) is 61.8 cm³/mol. The van der Waals surface area contributed by atoms with E-state index in [4.69, 9.17) is 11.6 Å². The molecule has 0 aliphatic rings. The van der Waals surface area contributed by atoms with E-state index in [-0.39, 0.29) is 0 Å². The van der Waals surface area contributed by atoms with Crippen LogP contribution in [0.2, 0.25) is 5.02 Å². The molecule has 0 spiro atoms. The number of rotatable bonds is 4. The number of halogens is 1. The third-order valence-corrected chi connectivity index (χ3v) is 2.82. The van der Waals surface area contributed by atoms with Gasteiger partial charge in [-0.05, 0) is 25.0 Å². The molecule has 0 aromatic carbocycles. The molecule has 0 saturated heterocycles. The highest BCUT2D eigenvalue weighted by atomic mass is 35.5. The summed E-state index contributed by atoms with van der Waals surface area (Å²) in [6, 6.07) is 4.19. The van der Waals surface area contributed by atoms with E-state index in [1.165, 1.54) is 6.42 Å². The second-order valence-electron chi connectivity index (χ2n) is 3.68. The highest BCUT2D eigenvalue weighted by Gasteiger charge is 2.09. The Bertz CT molecular complexity index is 271. The van der Waals surface area contributed by atoms with Crippen molar-refractivity contribution in [3.63, 3.8) is 0 Å². The van der Waals surface area contributed by atoms with Gasteiger partial charge in [-0.2, -0.15) is 0 Å². The second kappa shape index (κ2) is 5.20. The van der Waals surface area contributed by atoms with Crippen molar-refractivity contribution in [1.29, 1.82) is 0 Å². The molecule has 2 nitrogen and oxygen atoms in total. The van der Waals surface area contributed by atoms with Gasteiger partial charge in [0.25, 0.3) is 0 Å². The lowest BCUT2D eigenvalue weighted by Gasteiger charge is -2.20. The minimum atomic E-state index is 0.439. The van der Waals surface area contributed by atoms with Gasteiger partial charge in [-0.15, -0.1) is 0 Å². The maximum absolute atomic E-state index is 5.75. The first-order valence-corrected chi connectivity index (χ1v) is 5.39. The molecule has 1 aromatic heterocycles. The quantitative estimate of drug-likeness (QED) is 0.825. The molecule has 1 heterocycles. The van der Waals surface area contributed by atoms with Crippen molar-refractivity contribution >= 4 is 17.4 Å². The van der Waals surface area contributed by atoms with Crippen LogP contribution in [0, 0.1) is 5.92 Å². The van der Waals surface area contributed by atoms with Gasteiger partial charge < -0.3 is 5.32 Å². The van der Waals surface area contributed by atoms with Gasteiger partial charge in [0, 0.05) is 12.2 Å². The molecule has 2 unspecified atom stereocenters. The van der Waals surface area contributed by atoms with E-state index in [2.05, 4.69) is 31.1 Å². The van der Waals surface area contributed by atoms with Crippen molar-refractivity contribution in [2.24, 2.45) is 5.92 Å². The molecule has 2 atom stereocenters. The summed E-state index contributed by atoms with van der Waals surface area (Å²) in [5, 5.41) is 4.02. The predicted octanol–water partition coefficient (Wildman–Crippen LogP) is 3.58. The van der Waals surface area contributed by atoms with Crippen molar-refractivity contribution in [1.82, 2.24) is 4.98 Å². The number of hydrogen-bond acceptors (Lipinski definition) is 2. The smallest absolute Gasteiger partial charge is 0.126 e. The first kappa shape index (κ1) is 11.3. The first-order chi connectivity index (χ1) is 6.63. The molecule has 0 aliphatic heterocycles. The molecular formula is C11H17ClN2. The zero-order valence-corrected chi connectivity index (χ0v) is 9.67. The van der Waals surface area contributed by atoms with Crippen molar-refractivity contribution in [2.45, 2.75) is 33.2 Å². The average Bonchev–Trinajstić information content (AvgIpc) is 2.20. The molecule has 1 N–H and O–H groups in total. The fourth-order valence-corrected chi connectivity index (χ4v) is 1.30. The van der Waals surface area contributed by atoms with E-state index >= 15 is 0 Å². The van der Waals surface area contributed by atoms with Crippen LogP contribution in [0.4, 0.5) is 5.82 Å². The normalized spacial score (nSPS) is 14.9. The second-order valence-corrected chi connectivity index (χ2v) is 4.12. The number of anilines is 1. The molecule has 1 rings (SSSR count). The van der Waals surface area contributed by atoms with E-state index in [9.17, 15) is 0 Å². The van der Waals surface area contributed by atoms with E-state index < -0.39 is 0 Å². The highest BCUT2D eigenvalue weighted by Crippen LogP contribution is 2.14. The molecule has 78 valence electrons. The van der Waals surface area contributed by atoms with Crippen LogP contribution in [0.25, 0.3) is 0 Å². The molecule has 3 heteroatoms. The zero-order chi connectivity index (χ0) is 10.6. The van der Waals surface area contributed by atoms with Crippen molar-refractivity contribution < 1.29 is 0 Å². The fourth-order valence-electron chi connectivity index (χ4n) is 1.19. The SMILES string of the molecule is CCC(C)C(C)Nc1ccc(Cl)cn1. The minimum Gasteiger partial charge on any atom is -0.367 e. The third kappa shape index (κ3) is 3.18. The monoisotopic (exact) mass is 212 g/mol. The van der Waals surface area contributed by atoms with E-state index in [0.717, 1.165) is 5.82 Å². The number of pyridine rings is 1. The molecule has 1 aromatic rings. The minimum absolute atomic E-state index is 0.439. The summed E-state index contributed by atoms with van der Waals surface area (Å²) in [5.41, 5.74) is 0. The lowest BCUT2D eigenvalue weighted by Crippen LogP contribution is -2.23. The van der Waals surface area contributed by atoms with Gasteiger partial charge in [-0.3, -0.25) is 0 Å². The molecule has 0 saturated carbocycles.